The summed E-state index contributed by atoms with van der Waals surface area (Å²) in [6, 6.07) is 7.64. The summed E-state index contributed by atoms with van der Waals surface area (Å²) >= 11 is 0. The first-order chi connectivity index (χ1) is 8.58. The zero-order valence-corrected chi connectivity index (χ0v) is 11.4. The van der Waals surface area contributed by atoms with E-state index in [1.54, 1.807) is 4.90 Å². The topological polar surface area (TPSA) is 43.8 Å². The molecule has 0 aliphatic heterocycles. The van der Waals surface area contributed by atoms with Crippen LogP contribution in [-0.2, 0) is 6.54 Å². The molecule has 0 atom stereocenters. The highest BCUT2D eigenvalue weighted by atomic mass is 16.3. The smallest absolute Gasteiger partial charge is 0.253 e. The maximum atomic E-state index is 12.1. The van der Waals surface area contributed by atoms with Crippen LogP contribution in [0.2, 0.25) is 0 Å². The van der Waals surface area contributed by atoms with Gasteiger partial charge in [-0.15, -0.1) is 0 Å². The van der Waals surface area contributed by atoms with Crippen molar-refractivity contribution in [3.63, 3.8) is 0 Å². The third kappa shape index (κ3) is 4.13. The number of aliphatic hydroxyl groups excluding tert-OH is 1. The summed E-state index contributed by atoms with van der Waals surface area (Å²) in [7, 11) is 4.03. The van der Waals surface area contributed by atoms with E-state index in [4.69, 9.17) is 5.11 Å². The van der Waals surface area contributed by atoms with Gasteiger partial charge in [-0.25, -0.2) is 0 Å². The minimum absolute atomic E-state index is 0.00169. The predicted molar refractivity (Wildman–Crippen MR) is 72.5 cm³/mol. The van der Waals surface area contributed by atoms with Crippen LogP contribution in [0.25, 0.3) is 0 Å². The average molecular weight is 250 g/mol. The Bertz CT molecular complexity index is 374. The summed E-state index contributed by atoms with van der Waals surface area (Å²) in [4.78, 5) is 15.8. The average Bonchev–Trinajstić information content (AvgIpc) is 2.35. The number of hydrogen-bond acceptors (Lipinski definition) is 3. The van der Waals surface area contributed by atoms with Crippen molar-refractivity contribution in [2.24, 2.45) is 0 Å². The number of benzene rings is 1. The molecule has 0 aromatic heterocycles. The first-order valence-corrected chi connectivity index (χ1v) is 6.22. The fraction of sp³-hybridized carbons (Fsp3) is 0.500. The number of nitrogens with zero attached hydrogens (tertiary/aromatic N) is 2. The fourth-order valence-electron chi connectivity index (χ4n) is 1.82. The molecule has 0 spiro atoms. The van der Waals surface area contributed by atoms with Crippen LogP contribution in [0.1, 0.15) is 22.8 Å². The van der Waals surface area contributed by atoms with E-state index < -0.39 is 0 Å². The number of carbonyl (C=O) groups excluding carboxylic acids is 1. The van der Waals surface area contributed by atoms with E-state index in [2.05, 4.69) is 4.90 Å². The number of carbonyl (C=O) groups is 1. The van der Waals surface area contributed by atoms with Gasteiger partial charge in [0.2, 0.25) is 0 Å². The molecule has 0 radical (unpaired) electrons. The molecule has 0 aliphatic rings. The van der Waals surface area contributed by atoms with Crippen molar-refractivity contribution in [1.82, 2.24) is 9.80 Å². The quantitative estimate of drug-likeness (QED) is 0.825. The third-order valence-corrected chi connectivity index (χ3v) is 2.74. The molecule has 0 fully saturated rings. The first kappa shape index (κ1) is 14.7. The molecule has 0 saturated carbocycles. The molecule has 1 aromatic carbocycles. The van der Waals surface area contributed by atoms with E-state index in [0.29, 0.717) is 18.7 Å². The lowest BCUT2D eigenvalue weighted by Crippen LogP contribution is -2.33. The molecule has 4 heteroatoms. The van der Waals surface area contributed by atoms with Crippen molar-refractivity contribution in [2.45, 2.75) is 13.5 Å². The lowest BCUT2D eigenvalue weighted by molar-refractivity contribution is 0.0732. The van der Waals surface area contributed by atoms with Crippen LogP contribution in [0, 0.1) is 0 Å². The number of rotatable bonds is 6. The maximum Gasteiger partial charge on any atom is 0.253 e. The zero-order chi connectivity index (χ0) is 13.5. The van der Waals surface area contributed by atoms with Crippen LogP contribution in [0.3, 0.4) is 0 Å². The van der Waals surface area contributed by atoms with E-state index in [-0.39, 0.29) is 12.5 Å². The number of amides is 1. The summed E-state index contributed by atoms with van der Waals surface area (Å²) in [5.74, 6) is -0.0250. The van der Waals surface area contributed by atoms with Gasteiger partial charge in [-0.3, -0.25) is 4.79 Å². The number of likely N-dealkylation sites (N-methyl/N-ethyl adjacent to an activating group) is 1. The van der Waals surface area contributed by atoms with E-state index >= 15 is 0 Å². The molecule has 0 bridgehead atoms. The SMILES string of the molecule is CCN(CCO)C(=O)c1ccc(CN(C)C)cc1. The van der Waals surface area contributed by atoms with E-state index in [1.165, 1.54) is 5.56 Å². The Labute approximate surface area is 109 Å². The lowest BCUT2D eigenvalue weighted by atomic mass is 10.1. The molecule has 0 heterocycles. The van der Waals surface area contributed by atoms with Crippen LogP contribution in [0.4, 0.5) is 0 Å². The minimum atomic E-state index is -0.0250. The summed E-state index contributed by atoms with van der Waals surface area (Å²) in [5.41, 5.74) is 1.86. The van der Waals surface area contributed by atoms with Gasteiger partial charge in [0, 0.05) is 25.2 Å². The highest BCUT2D eigenvalue weighted by molar-refractivity contribution is 5.94. The Hall–Kier alpha value is -1.39. The van der Waals surface area contributed by atoms with Crippen LogP contribution >= 0.6 is 0 Å². The standard InChI is InChI=1S/C14H22N2O2/c1-4-16(9-10-17)14(18)13-7-5-12(6-8-13)11-15(2)3/h5-8,17H,4,9-11H2,1-3H3. The molecule has 0 saturated heterocycles. The molecule has 100 valence electrons. The third-order valence-electron chi connectivity index (χ3n) is 2.74. The molecular formula is C14H22N2O2. The number of hydrogen-bond donors (Lipinski definition) is 1. The first-order valence-electron chi connectivity index (χ1n) is 6.22. The van der Waals surface area contributed by atoms with Crippen molar-refractivity contribution in [2.75, 3.05) is 33.8 Å². The molecular weight excluding hydrogens is 228 g/mol. The molecule has 1 rings (SSSR count). The summed E-state index contributed by atoms with van der Waals surface area (Å²) in [6.45, 7) is 3.77. The Balaban J connectivity index is 2.74. The largest absolute Gasteiger partial charge is 0.395 e. The van der Waals surface area contributed by atoms with Crippen LogP contribution < -0.4 is 0 Å². The van der Waals surface area contributed by atoms with Gasteiger partial charge in [0.25, 0.3) is 5.91 Å². The summed E-state index contributed by atoms with van der Waals surface area (Å²) in [5, 5.41) is 8.91. The van der Waals surface area contributed by atoms with Gasteiger partial charge in [-0.05, 0) is 38.7 Å². The van der Waals surface area contributed by atoms with Crippen molar-refractivity contribution >= 4 is 5.91 Å². The van der Waals surface area contributed by atoms with Crippen molar-refractivity contribution < 1.29 is 9.90 Å². The molecule has 1 N–H and O–H groups in total. The van der Waals surface area contributed by atoms with E-state index in [9.17, 15) is 4.79 Å². The van der Waals surface area contributed by atoms with Crippen LogP contribution in [0.15, 0.2) is 24.3 Å². The van der Waals surface area contributed by atoms with E-state index in [0.717, 1.165) is 6.54 Å². The van der Waals surface area contributed by atoms with Gasteiger partial charge in [-0.2, -0.15) is 0 Å². The highest BCUT2D eigenvalue weighted by Crippen LogP contribution is 2.09. The Morgan fingerprint density at radius 2 is 1.83 bits per heavy atom. The lowest BCUT2D eigenvalue weighted by Gasteiger charge is -2.19. The van der Waals surface area contributed by atoms with Crippen molar-refractivity contribution in [3.8, 4) is 0 Å². The normalized spacial score (nSPS) is 10.7. The van der Waals surface area contributed by atoms with Gasteiger partial charge in [0.05, 0.1) is 6.61 Å². The van der Waals surface area contributed by atoms with Crippen LogP contribution in [-0.4, -0.2) is 54.6 Å². The molecule has 4 nitrogen and oxygen atoms in total. The van der Waals surface area contributed by atoms with Gasteiger partial charge in [0.1, 0.15) is 0 Å². The Morgan fingerprint density at radius 1 is 1.22 bits per heavy atom. The van der Waals surface area contributed by atoms with Gasteiger partial charge in [-0.1, -0.05) is 12.1 Å². The van der Waals surface area contributed by atoms with Crippen LogP contribution in [0.5, 0.6) is 0 Å². The molecule has 1 amide bonds. The number of aliphatic hydroxyl groups is 1. The second-order valence-corrected chi connectivity index (χ2v) is 4.54. The predicted octanol–water partition coefficient (Wildman–Crippen LogP) is 1.20. The monoisotopic (exact) mass is 250 g/mol. The second kappa shape index (κ2) is 7.13. The molecule has 0 unspecified atom stereocenters. The van der Waals surface area contributed by atoms with Gasteiger partial charge >= 0.3 is 0 Å². The second-order valence-electron chi connectivity index (χ2n) is 4.54. The Kier molecular flexibility index (Phi) is 5.82. The summed E-state index contributed by atoms with van der Waals surface area (Å²) in [6.07, 6.45) is 0. The van der Waals surface area contributed by atoms with Gasteiger partial charge < -0.3 is 14.9 Å². The highest BCUT2D eigenvalue weighted by Gasteiger charge is 2.13. The minimum Gasteiger partial charge on any atom is -0.395 e. The maximum absolute atomic E-state index is 12.1. The van der Waals surface area contributed by atoms with Crippen molar-refractivity contribution in [3.05, 3.63) is 35.4 Å². The Morgan fingerprint density at radius 3 is 2.28 bits per heavy atom. The van der Waals surface area contributed by atoms with E-state index in [1.807, 2.05) is 45.3 Å². The zero-order valence-electron chi connectivity index (χ0n) is 11.4. The molecule has 0 aliphatic carbocycles. The molecule has 18 heavy (non-hydrogen) atoms. The molecule has 1 aromatic rings. The van der Waals surface area contributed by atoms with Crippen molar-refractivity contribution in [1.29, 1.82) is 0 Å². The summed E-state index contributed by atoms with van der Waals surface area (Å²) < 4.78 is 0. The fourth-order valence-corrected chi connectivity index (χ4v) is 1.82. The van der Waals surface area contributed by atoms with Gasteiger partial charge in [0.15, 0.2) is 0 Å².